The van der Waals surface area contributed by atoms with Gasteiger partial charge in [-0.3, -0.25) is 10.1 Å². The first kappa shape index (κ1) is 18.9. The number of nitriles is 2. The van der Waals surface area contributed by atoms with Gasteiger partial charge in [0.15, 0.2) is 0 Å². The molecule has 3 rings (SSSR count). The molecule has 0 amide bonds. The van der Waals surface area contributed by atoms with E-state index in [1.807, 2.05) is 47.4 Å². The highest BCUT2D eigenvalue weighted by atomic mass is 16.6. The largest absolute Gasteiger partial charge is 0.368 e. The molecule has 0 saturated carbocycles. The SMILES string of the molecule is N#CCN(CC#N)c1ncnc(N2CCN(c3ccccc3)CC2)c1[N+](=O)[O-]. The average molecular weight is 378 g/mol. The van der Waals surface area contributed by atoms with E-state index in [0.29, 0.717) is 26.2 Å². The Kier molecular flexibility index (Phi) is 5.82. The minimum Gasteiger partial charge on any atom is -0.368 e. The van der Waals surface area contributed by atoms with Crippen LogP contribution in [0.1, 0.15) is 0 Å². The van der Waals surface area contributed by atoms with Crippen molar-refractivity contribution in [3.05, 3.63) is 46.8 Å². The third-order valence-electron chi connectivity index (χ3n) is 4.49. The van der Waals surface area contributed by atoms with E-state index in [4.69, 9.17) is 10.5 Å². The number of benzene rings is 1. The summed E-state index contributed by atoms with van der Waals surface area (Å²) in [5.74, 6) is 0.201. The number of hydrogen-bond donors (Lipinski definition) is 0. The second-order valence-electron chi connectivity index (χ2n) is 6.11. The smallest absolute Gasteiger partial charge is 0.353 e. The molecule has 2 heterocycles. The Balaban J connectivity index is 1.87. The monoisotopic (exact) mass is 378 g/mol. The van der Waals surface area contributed by atoms with Gasteiger partial charge in [-0.2, -0.15) is 10.5 Å². The van der Waals surface area contributed by atoms with Crippen molar-refractivity contribution in [3.63, 3.8) is 0 Å². The van der Waals surface area contributed by atoms with Gasteiger partial charge in [-0.1, -0.05) is 18.2 Å². The van der Waals surface area contributed by atoms with E-state index in [0.717, 1.165) is 5.69 Å². The van der Waals surface area contributed by atoms with Gasteiger partial charge in [-0.05, 0) is 12.1 Å². The number of anilines is 3. The molecule has 1 aliphatic heterocycles. The Bertz CT molecular complexity index is 897. The number of para-hydroxylation sites is 1. The quantitative estimate of drug-likeness (QED) is 0.418. The zero-order valence-electron chi connectivity index (χ0n) is 15.1. The van der Waals surface area contributed by atoms with E-state index in [-0.39, 0.29) is 30.4 Å². The molecule has 0 aliphatic carbocycles. The van der Waals surface area contributed by atoms with Gasteiger partial charge in [0, 0.05) is 31.9 Å². The molecular weight excluding hydrogens is 360 g/mol. The molecule has 0 N–H and O–H groups in total. The molecule has 1 aromatic heterocycles. The van der Waals surface area contributed by atoms with E-state index in [2.05, 4.69) is 14.9 Å². The number of aromatic nitrogens is 2. The summed E-state index contributed by atoms with van der Waals surface area (Å²) >= 11 is 0. The number of hydrogen-bond acceptors (Lipinski definition) is 9. The van der Waals surface area contributed by atoms with E-state index in [1.54, 1.807) is 0 Å². The van der Waals surface area contributed by atoms with Crippen LogP contribution in [0.15, 0.2) is 36.7 Å². The molecule has 1 aromatic carbocycles. The second kappa shape index (κ2) is 8.64. The Morgan fingerprint density at radius 2 is 1.64 bits per heavy atom. The highest BCUT2D eigenvalue weighted by Crippen LogP contribution is 2.34. The fourth-order valence-corrected chi connectivity index (χ4v) is 3.18. The first-order valence-corrected chi connectivity index (χ1v) is 8.69. The molecule has 0 unspecified atom stereocenters. The maximum atomic E-state index is 11.8. The molecule has 1 fully saturated rings. The number of rotatable bonds is 6. The lowest BCUT2D eigenvalue weighted by atomic mass is 10.2. The van der Waals surface area contributed by atoms with Crippen LogP contribution in [0.2, 0.25) is 0 Å². The van der Waals surface area contributed by atoms with Gasteiger partial charge in [-0.25, -0.2) is 9.97 Å². The number of nitrogens with zero attached hydrogens (tertiary/aromatic N) is 8. The highest BCUT2D eigenvalue weighted by molar-refractivity contribution is 5.72. The Morgan fingerprint density at radius 1 is 1.04 bits per heavy atom. The van der Waals surface area contributed by atoms with Crippen LogP contribution >= 0.6 is 0 Å². The van der Waals surface area contributed by atoms with E-state index in [1.165, 1.54) is 11.2 Å². The molecular formula is C18H18N8O2. The summed E-state index contributed by atoms with van der Waals surface area (Å²) in [6.07, 6.45) is 1.24. The van der Waals surface area contributed by atoms with Crippen LogP contribution in [0.25, 0.3) is 0 Å². The van der Waals surface area contributed by atoms with E-state index < -0.39 is 4.92 Å². The van der Waals surface area contributed by atoms with Gasteiger partial charge in [0.05, 0.1) is 17.1 Å². The van der Waals surface area contributed by atoms with Gasteiger partial charge in [0.2, 0.25) is 11.6 Å². The average Bonchev–Trinajstić information content (AvgIpc) is 2.74. The minimum absolute atomic E-state index is 0.0106. The van der Waals surface area contributed by atoms with Crippen LogP contribution in [-0.2, 0) is 0 Å². The van der Waals surface area contributed by atoms with Crippen LogP contribution in [-0.4, -0.2) is 54.2 Å². The summed E-state index contributed by atoms with van der Waals surface area (Å²) in [6, 6.07) is 13.8. The third-order valence-corrected chi connectivity index (χ3v) is 4.49. The number of nitro groups is 1. The summed E-state index contributed by atoms with van der Waals surface area (Å²) in [5, 5.41) is 29.7. The third kappa shape index (κ3) is 3.91. The van der Waals surface area contributed by atoms with Crippen molar-refractivity contribution >= 4 is 23.0 Å². The normalized spacial score (nSPS) is 13.5. The van der Waals surface area contributed by atoms with Crippen molar-refractivity contribution in [2.75, 3.05) is 54.0 Å². The summed E-state index contributed by atoms with van der Waals surface area (Å²) in [6.45, 7) is 2.16. The zero-order chi connectivity index (χ0) is 19.9. The Morgan fingerprint density at radius 3 is 2.21 bits per heavy atom. The van der Waals surface area contributed by atoms with Gasteiger partial charge < -0.3 is 14.7 Å². The summed E-state index contributed by atoms with van der Waals surface area (Å²) in [7, 11) is 0. The van der Waals surface area contributed by atoms with Gasteiger partial charge in [-0.15, -0.1) is 0 Å². The molecule has 0 atom stereocenters. The molecule has 28 heavy (non-hydrogen) atoms. The molecule has 2 aromatic rings. The Labute approximate surface area is 162 Å². The fourth-order valence-electron chi connectivity index (χ4n) is 3.18. The van der Waals surface area contributed by atoms with Gasteiger partial charge in [0.25, 0.3) is 0 Å². The second-order valence-corrected chi connectivity index (χ2v) is 6.11. The highest BCUT2D eigenvalue weighted by Gasteiger charge is 2.31. The maximum Gasteiger partial charge on any atom is 0.353 e. The van der Waals surface area contributed by atoms with Crippen LogP contribution < -0.4 is 14.7 Å². The van der Waals surface area contributed by atoms with Crippen molar-refractivity contribution in [2.45, 2.75) is 0 Å². The molecule has 10 nitrogen and oxygen atoms in total. The molecule has 0 bridgehead atoms. The molecule has 0 radical (unpaired) electrons. The standard InChI is InChI=1S/C18H18N8O2/c19-6-8-24(9-7-20)17-16(26(27)28)18(22-14-21-17)25-12-10-23(11-13-25)15-4-2-1-3-5-15/h1-5,14H,8-13H2. The summed E-state index contributed by atoms with van der Waals surface area (Å²) in [5.41, 5.74) is 0.829. The van der Waals surface area contributed by atoms with Gasteiger partial charge in [0.1, 0.15) is 19.4 Å². The van der Waals surface area contributed by atoms with Crippen molar-refractivity contribution in [1.82, 2.24) is 9.97 Å². The first-order valence-electron chi connectivity index (χ1n) is 8.69. The topological polar surface area (TPSA) is 126 Å². The van der Waals surface area contributed by atoms with Crippen LogP contribution in [0.3, 0.4) is 0 Å². The van der Waals surface area contributed by atoms with Crippen LogP contribution in [0.5, 0.6) is 0 Å². The van der Waals surface area contributed by atoms with Gasteiger partial charge >= 0.3 is 5.69 Å². The molecule has 1 aliphatic rings. The van der Waals surface area contributed by atoms with Crippen molar-refractivity contribution < 1.29 is 4.92 Å². The zero-order valence-corrected chi connectivity index (χ0v) is 15.1. The summed E-state index contributed by atoms with van der Waals surface area (Å²) in [4.78, 5) is 24.7. The molecule has 142 valence electrons. The minimum atomic E-state index is -0.546. The van der Waals surface area contributed by atoms with E-state index >= 15 is 0 Å². The van der Waals surface area contributed by atoms with Crippen LogP contribution in [0.4, 0.5) is 23.0 Å². The molecule has 0 spiro atoms. The van der Waals surface area contributed by atoms with Crippen molar-refractivity contribution in [2.24, 2.45) is 0 Å². The predicted molar refractivity (Wildman–Crippen MR) is 103 cm³/mol. The van der Waals surface area contributed by atoms with Crippen molar-refractivity contribution in [1.29, 1.82) is 10.5 Å². The molecule has 10 heteroatoms. The first-order chi connectivity index (χ1) is 13.7. The lowest BCUT2D eigenvalue weighted by Crippen LogP contribution is -2.47. The van der Waals surface area contributed by atoms with E-state index in [9.17, 15) is 10.1 Å². The maximum absolute atomic E-state index is 11.8. The summed E-state index contributed by atoms with van der Waals surface area (Å²) < 4.78 is 0. The predicted octanol–water partition coefficient (Wildman–Crippen LogP) is 1.56. The van der Waals surface area contributed by atoms with Crippen LogP contribution in [0, 0.1) is 32.8 Å². The lowest BCUT2D eigenvalue weighted by molar-refractivity contribution is -0.383. The fraction of sp³-hybridized carbons (Fsp3) is 0.333. The number of piperazine rings is 1. The molecule has 1 saturated heterocycles. The van der Waals surface area contributed by atoms with Crippen molar-refractivity contribution in [3.8, 4) is 12.1 Å². The lowest BCUT2D eigenvalue weighted by Gasteiger charge is -2.36. The Hall–Kier alpha value is -3.92.